The molecule has 0 spiro atoms. The number of halogens is 1. The van der Waals surface area contributed by atoms with Crippen molar-refractivity contribution in [2.24, 2.45) is 0 Å². The summed E-state index contributed by atoms with van der Waals surface area (Å²) in [5.74, 6) is 0. The van der Waals surface area contributed by atoms with Gasteiger partial charge in [0.05, 0.1) is 0 Å². The van der Waals surface area contributed by atoms with Crippen LogP contribution in [0.15, 0.2) is 24.3 Å². The first-order chi connectivity index (χ1) is 11.7. The van der Waals surface area contributed by atoms with Crippen LogP contribution in [0.25, 0.3) is 0 Å². The van der Waals surface area contributed by atoms with Crippen LogP contribution in [0.3, 0.4) is 0 Å². The molecular formula is C20H32ClN3. The number of likely N-dealkylation sites (N-methyl/N-ethyl adjacent to an activating group) is 1. The maximum atomic E-state index is 5.98. The molecule has 0 atom stereocenters. The molecule has 0 amide bonds. The minimum Gasteiger partial charge on any atom is -0.311 e. The van der Waals surface area contributed by atoms with E-state index in [9.17, 15) is 0 Å². The van der Waals surface area contributed by atoms with E-state index in [1.807, 2.05) is 12.1 Å². The number of rotatable bonds is 6. The molecule has 1 N–H and O–H groups in total. The Morgan fingerprint density at radius 3 is 2.29 bits per heavy atom. The van der Waals surface area contributed by atoms with Gasteiger partial charge in [0.2, 0.25) is 0 Å². The summed E-state index contributed by atoms with van der Waals surface area (Å²) in [6.45, 7) is 10.4. The molecule has 0 aromatic heterocycles. The van der Waals surface area contributed by atoms with Gasteiger partial charge in [-0.3, -0.25) is 4.90 Å². The third-order valence-corrected chi connectivity index (χ3v) is 6.22. The van der Waals surface area contributed by atoms with Gasteiger partial charge in [-0.25, -0.2) is 0 Å². The van der Waals surface area contributed by atoms with E-state index >= 15 is 0 Å². The molecule has 1 saturated carbocycles. The predicted octanol–water partition coefficient (Wildman–Crippen LogP) is 3.77. The lowest BCUT2D eigenvalue weighted by molar-refractivity contribution is 0.00883. The topological polar surface area (TPSA) is 18.5 Å². The summed E-state index contributed by atoms with van der Waals surface area (Å²) < 4.78 is 0. The van der Waals surface area contributed by atoms with E-state index in [1.54, 1.807) is 0 Å². The van der Waals surface area contributed by atoms with Crippen molar-refractivity contribution in [2.45, 2.75) is 51.1 Å². The molecular weight excluding hydrogens is 318 g/mol. The first-order valence-electron chi connectivity index (χ1n) is 9.64. The molecule has 2 aliphatic rings. The lowest BCUT2D eigenvalue weighted by atomic mass is 9.79. The van der Waals surface area contributed by atoms with E-state index in [1.165, 1.54) is 70.4 Å². The zero-order valence-corrected chi connectivity index (χ0v) is 15.8. The van der Waals surface area contributed by atoms with Gasteiger partial charge in [-0.05, 0) is 37.1 Å². The second kappa shape index (κ2) is 8.66. The molecule has 2 fully saturated rings. The van der Waals surface area contributed by atoms with E-state index < -0.39 is 0 Å². The summed E-state index contributed by atoms with van der Waals surface area (Å²) in [5.41, 5.74) is 1.70. The monoisotopic (exact) mass is 349 g/mol. The fourth-order valence-corrected chi connectivity index (χ4v) is 4.52. The van der Waals surface area contributed by atoms with Crippen LogP contribution in [0.2, 0.25) is 5.02 Å². The van der Waals surface area contributed by atoms with Crippen molar-refractivity contribution in [2.75, 3.05) is 39.3 Å². The zero-order valence-electron chi connectivity index (χ0n) is 15.1. The van der Waals surface area contributed by atoms with Crippen LogP contribution in [0.5, 0.6) is 0 Å². The van der Waals surface area contributed by atoms with E-state index in [2.05, 4.69) is 34.2 Å². The Morgan fingerprint density at radius 1 is 1.00 bits per heavy atom. The summed E-state index contributed by atoms with van der Waals surface area (Å²) in [5, 5.41) is 4.57. The molecule has 1 heterocycles. The first kappa shape index (κ1) is 18.2. The van der Waals surface area contributed by atoms with Gasteiger partial charge < -0.3 is 10.2 Å². The summed E-state index contributed by atoms with van der Waals surface area (Å²) in [6, 6.07) is 8.23. The van der Waals surface area contributed by atoms with Crippen LogP contribution in [0.1, 0.15) is 44.6 Å². The van der Waals surface area contributed by atoms with Gasteiger partial charge >= 0.3 is 0 Å². The Bertz CT molecular complexity index is 488. The van der Waals surface area contributed by atoms with Gasteiger partial charge in [0.1, 0.15) is 0 Å². The van der Waals surface area contributed by atoms with Gasteiger partial charge in [-0.15, -0.1) is 0 Å². The lowest BCUT2D eigenvalue weighted by Crippen LogP contribution is -2.61. The van der Waals surface area contributed by atoms with Crippen LogP contribution in [-0.4, -0.2) is 54.6 Å². The van der Waals surface area contributed by atoms with Crippen molar-refractivity contribution in [1.82, 2.24) is 15.1 Å². The van der Waals surface area contributed by atoms with Crippen molar-refractivity contribution in [1.29, 1.82) is 0 Å². The SMILES string of the molecule is CCN1CCN(C2(CNCc3ccc(Cl)cc3)CCCCC2)CC1. The Balaban J connectivity index is 1.58. The van der Waals surface area contributed by atoms with Gasteiger partial charge in [0.25, 0.3) is 0 Å². The molecule has 1 aliphatic heterocycles. The highest BCUT2D eigenvalue weighted by atomic mass is 35.5. The second-order valence-electron chi connectivity index (χ2n) is 7.44. The van der Waals surface area contributed by atoms with Crippen molar-refractivity contribution >= 4 is 11.6 Å². The molecule has 134 valence electrons. The van der Waals surface area contributed by atoms with E-state index in [-0.39, 0.29) is 0 Å². The van der Waals surface area contributed by atoms with Crippen molar-refractivity contribution in [3.05, 3.63) is 34.9 Å². The number of hydrogen-bond donors (Lipinski definition) is 1. The molecule has 24 heavy (non-hydrogen) atoms. The Labute approximate surface area is 152 Å². The maximum absolute atomic E-state index is 5.98. The molecule has 1 aromatic carbocycles. The van der Waals surface area contributed by atoms with E-state index in [0.717, 1.165) is 18.1 Å². The predicted molar refractivity (Wildman–Crippen MR) is 103 cm³/mol. The fourth-order valence-electron chi connectivity index (χ4n) is 4.39. The fraction of sp³-hybridized carbons (Fsp3) is 0.700. The van der Waals surface area contributed by atoms with Crippen LogP contribution in [0, 0.1) is 0 Å². The quantitative estimate of drug-likeness (QED) is 0.843. The molecule has 0 unspecified atom stereocenters. The summed E-state index contributed by atoms with van der Waals surface area (Å²) >= 11 is 5.98. The van der Waals surface area contributed by atoms with E-state index in [4.69, 9.17) is 11.6 Å². The molecule has 1 aliphatic carbocycles. The van der Waals surface area contributed by atoms with Gasteiger partial charge in [0, 0.05) is 49.8 Å². The molecule has 3 rings (SSSR count). The normalized spacial score (nSPS) is 22.6. The maximum Gasteiger partial charge on any atom is 0.0406 e. The minimum absolute atomic E-state index is 0.379. The van der Waals surface area contributed by atoms with Crippen LogP contribution >= 0.6 is 11.6 Å². The Kier molecular flexibility index (Phi) is 6.56. The third-order valence-electron chi connectivity index (χ3n) is 5.97. The Hall–Kier alpha value is -0.610. The number of piperazine rings is 1. The summed E-state index contributed by atoms with van der Waals surface area (Å²) in [7, 11) is 0. The number of nitrogens with zero attached hydrogens (tertiary/aromatic N) is 2. The molecule has 4 heteroatoms. The standard InChI is InChI=1S/C20H32ClN3/c1-2-23-12-14-24(15-13-23)20(10-4-3-5-11-20)17-22-16-18-6-8-19(21)9-7-18/h6-9,22H,2-5,10-17H2,1H3. The Morgan fingerprint density at radius 2 is 1.67 bits per heavy atom. The van der Waals surface area contributed by atoms with Gasteiger partial charge in [-0.1, -0.05) is 49.9 Å². The van der Waals surface area contributed by atoms with Crippen molar-refractivity contribution in [3.8, 4) is 0 Å². The number of benzene rings is 1. The minimum atomic E-state index is 0.379. The highest BCUT2D eigenvalue weighted by molar-refractivity contribution is 6.30. The van der Waals surface area contributed by atoms with Crippen LogP contribution in [0.4, 0.5) is 0 Å². The molecule has 0 bridgehead atoms. The third kappa shape index (κ3) is 4.51. The summed E-state index contributed by atoms with van der Waals surface area (Å²) in [6.07, 6.45) is 6.89. The second-order valence-corrected chi connectivity index (χ2v) is 7.87. The van der Waals surface area contributed by atoms with Gasteiger partial charge in [0.15, 0.2) is 0 Å². The van der Waals surface area contributed by atoms with E-state index in [0.29, 0.717) is 5.54 Å². The molecule has 0 radical (unpaired) electrons. The number of nitrogens with one attached hydrogen (secondary N) is 1. The smallest absolute Gasteiger partial charge is 0.0406 e. The zero-order chi connectivity index (χ0) is 16.8. The van der Waals surface area contributed by atoms with Gasteiger partial charge in [-0.2, -0.15) is 0 Å². The average Bonchev–Trinajstić information content (AvgIpc) is 2.64. The van der Waals surface area contributed by atoms with Crippen LogP contribution < -0.4 is 5.32 Å². The summed E-state index contributed by atoms with van der Waals surface area (Å²) in [4.78, 5) is 5.38. The highest BCUT2D eigenvalue weighted by Crippen LogP contribution is 2.34. The largest absolute Gasteiger partial charge is 0.311 e. The molecule has 3 nitrogen and oxygen atoms in total. The number of hydrogen-bond acceptors (Lipinski definition) is 3. The first-order valence-corrected chi connectivity index (χ1v) is 10.0. The highest BCUT2D eigenvalue weighted by Gasteiger charge is 2.38. The van der Waals surface area contributed by atoms with Crippen molar-refractivity contribution < 1.29 is 0 Å². The van der Waals surface area contributed by atoms with Crippen molar-refractivity contribution in [3.63, 3.8) is 0 Å². The molecule has 1 saturated heterocycles. The molecule has 1 aromatic rings. The average molecular weight is 350 g/mol. The lowest BCUT2D eigenvalue weighted by Gasteiger charge is -2.50. The van der Waals surface area contributed by atoms with Crippen LogP contribution in [-0.2, 0) is 6.54 Å².